The Balaban J connectivity index is 2.23. The van der Waals surface area contributed by atoms with Crippen molar-refractivity contribution in [3.05, 3.63) is 56.5 Å². The molecule has 0 fully saturated rings. The van der Waals surface area contributed by atoms with Crippen LogP contribution in [0.3, 0.4) is 0 Å². The van der Waals surface area contributed by atoms with E-state index in [1.807, 2.05) is 24.4 Å². The van der Waals surface area contributed by atoms with E-state index < -0.39 is 16.4 Å². The lowest BCUT2D eigenvalue weighted by molar-refractivity contribution is -0.387. The number of nitro groups is 1. The van der Waals surface area contributed by atoms with Gasteiger partial charge in [0.2, 0.25) is 5.82 Å². The van der Waals surface area contributed by atoms with E-state index in [-0.39, 0.29) is 6.04 Å². The highest BCUT2D eigenvalue weighted by molar-refractivity contribution is 7.10. The van der Waals surface area contributed by atoms with Gasteiger partial charge in [0.05, 0.1) is 11.0 Å². The van der Waals surface area contributed by atoms with E-state index in [4.69, 9.17) is 0 Å². The first kappa shape index (κ1) is 13.5. The molecule has 1 heterocycles. The van der Waals surface area contributed by atoms with Crippen molar-refractivity contribution in [2.24, 2.45) is 0 Å². The van der Waals surface area contributed by atoms with Crippen LogP contribution in [0, 0.1) is 15.9 Å². The zero-order chi connectivity index (χ0) is 13.8. The first-order valence-corrected chi connectivity index (χ1v) is 6.73. The number of thiophene rings is 1. The molecule has 0 spiro atoms. The van der Waals surface area contributed by atoms with Crippen LogP contribution in [-0.2, 0) is 0 Å². The van der Waals surface area contributed by atoms with Gasteiger partial charge in [-0.1, -0.05) is 13.0 Å². The molecule has 6 heteroatoms. The number of hydrogen-bond donors (Lipinski definition) is 1. The van der Waals surface area contributed by atoms with Crippen molar-refractivity contribution in [2.75, 3.05) is 5.32 Å². The highest BCUT2D eigenvalue weighted by Gasteiger charge is 2.16. The number of nitro benzene ring substituents is 1. The largest absolute Gasteiger partial charge is 0.377 e. The zero-order valence-electron chi connectivity index (χ0n) is 10.3. The van der Waals surface area contributed by atoms with Crippen LogP contribution in [0.25, 0.3) is 0 Å². The van der Waals surface area contributed by atoms with E-state index in [2.05, 4.69) is 5.32 Å². The summed E-state index contributed by atoms with van der Waals surface area (Å²) in [6, 6.07) is 7.89. The predicted octanol–water partition coefficient (Wildman–Crippen LogP) is 4.36. The van der Waals surface area contributed by atoms with Crippen LogP contribution in [0.4, 0.5) is 15.8 Å². The van der Waals surface area contributed by atoms with E-state index in [0.29, 0.717) is 5.69 Å². The van der Waals surface area contributed by atoms with Crippen molar-refractivity contribution in [3.63, 3.8) is 0 Å². The second kappa shape index (κ2) is 5.79. The van der Waals surface area contributed by atoms with Gasteiger partial charge in [-0.3, -0.25) is 10.1 Å². The Hall–Kier alpha value is -1.95. The smallest absolute Gasteiger partial charge is 0.306 e. The molecule has 2 aromatic rings. The van der Waals surface area contributed by atoms with Crippen molar-refractivity contribution in [3.8, 4) is 0 Å². The van der Waals surface area contributed by atoms with Gasteiger partial charge < -0.3 is 5.32 Å². The summed E-state index contributed by atoms with van der Waals surface area (Å²) in [5, 5.41) is 15.9. The van der Waals surface area contributed by atoms with Gasteiger partial charge in [-0.05, 0) is 30.0 Å². The summed E-state index contributed by atoms with van der Waals surface area (Å²) in [5.41, 5.74) is 0.0411. The summed E-state index contributed by atoms with van der Waals surface area (Å²) in [4.78, 5) is 11.1. The SMILES string of the molecule is CCC(Nc1ccc(F)c([N+](=O)[O-])c1)c1cccs1. The summed E-state index contributed by atoms with van der Waals surface area (Å²) in [5.74, 6) is -0.820. The lowest BCUT2D eigenvalue weighted by Gasteiger charge is -2.16. The molecule has 1 unspecified atom stereocenters. The molecular formula is C13H13FN2O2S. The molecule has 1 N–H and O–H groups in total. The summed E-state index contributed by atoms with van der Waals surface area (Å²) < 4.78 is 13.2. The van der Waals surface area contributed by atoms with Gasteiger partial charge in [0.25, 0.3) is 0 Å². The van der Waals surface area contributed by atoms with Crippen LogP contribution < -0.4 is 5.32 Å². The van der Waals surface area contributed by atoms with Gasteiger partial charge in [0.15, 0.2) is 0 Å². The van der Waals surface area contributed by atoms with Gasteiger partial charge in [-0.25, -0.2) is 0 Å². The Kier molecular flexibility index (Phi) is 4.11. The zero-order valence-corrected chi connectivity index (χ0v) is 11.1. The maximum atomic E-state index is 13.2. The number of rotatable bonds is 5. The normalized spacial score (nSPS) is 12.1. The lowest BCUT2D eigenvalue weighted by atomic mass is 10.1. The molecule has 0 saturated carbocycles. The third-order valence-electron chi connectivity index (χ3n) is 2.78. The molecule has 19 heavy (non-hydrogen) atoms. The summed E-state index contributed by atoms with van der Waals surface area (Å²) in [6.07, 6.45) is 0.839. The summed E-state index contributed by atoms with van der Waals surface area (Å²) in [6.45, 7) is 2.02. The average molecular weight is 280 g/mol. The Bertz CT molecular complexity index is 572. The van der Waals surface area contributed by atoms with Gasteiger partial charge in [0, 0.05) is 16.6 Å². The fourth-order valence-electron chi connectivity index (χ4n) is 1.81. The first-order valence-electron chi connectivity index (χ1n) is 5.85. The van der Waals surface area contributed by atoms with Crippen LogP contribution in [-0.4, -0.2) is 4.92 Å². The molecule has 0 aliphatic heterocycles. The molecule has 1 atom stereocenters. The Morgan fingerprint density at radius 1 is 1.47 bits per heavy atom. The monoisotopic (exact) mass is 280 g/mol. The van der Waals surface area contributed by atoms with E-state index in [1.165, 1.54) is 12.1 Å². The topological polar surface area (TPSA) is 55.2 Å². The highest BCUT2D eigenvalue weighted by Crippen LogP contribution is 2.28. The summed E-state index contributed by atoms with van der Waals surface area (Å²) >= 11 is 1.62. The fraction of sp³-hybridized carbons (Fsp3) is 0.231. The van der Waals surface area contributed by atoms with Gasteiger partial charge in [-0.2, -0.15) is 4.39 Å². The Morgan fingerprint density at radius 2 is 2.26 bits per heavy atom. The standard InChI is InChI=1S/C13H13FN2O2S/c1-2-11(13-4-3-7-19-13)15-9-5-6-10(14)12(8-9)16(17)18/h3-8,11,15H,2H2,1H3. The highest BCUT2D eigenvalue weighted by atomic mass is 32.1. The first-order chi connectivity index (χ1) is 9.11. The van der Waals surface area contributed by atoms with Crippen molar-refractivity contribution in [1.82, 2.24) is 0 Å². The molecule has 2 rings (SSSR count). The van der Waals surface area contributed by atoms with Crippen molar-refractivity contribution >= 4 is 22.7 Å². The van der Waals surface area contributed by atoms with E-state index in [9.17, 15) is 14.5 Å². The number of nitrogens with one attached hydrogen (secondary N) is 1. The Labute approximate surface area is 114 Å². The molecule has 0 aliphatic carbocycles. The molecule has 0 amide bonds. The maximum Gasteiger partial charge on any atom is 0.306 e. The third-order valence-corrected chi connectivity index (χ3v) is 3.76. The minimum Gasteiger partial charge on any atom is -0.377 e. The van der Waals surface area contributed by atoms with Gasteiger partial charge >= 0.3 is 5.69 Å². The predicted molar refractivity (Wildman–Crippen MR) is 74.0 cm³/mol. The van der Waals surface area contributed by atoms with Crippen molar-refractivity contribution < 1.29 is 9.31 Å². The number of anilines is 1. The number of halogens is 1. The maximum absolute atomic E-state index is 13.2. The van der Waals surface area contributed by atoms with Crippen LogP contribution >= 0.6 is 11.3 Å². The average Bonchev–Trinajstić information content (AvgIpc) is 2.91. The van der Waals surface area contributed by atoms with Crippen LogP contribution in [0.1, 0.15) is 24.3 Å². The second-order valence-corrected chi connectivity index (χ2v) is 5.02. The van der Waals surface area contributed by atoms with Gasteiger partial charge in [-0.15, -0.1) is 11.3 Å². The van der Waals surface area contributed by atoms with E-state index >= 15 is 0 Å². The van der Waals surface area contributed by atoms with Crippen LogP contribution in [0.2, 0.25) is 0 Å². The number of hydrogen-bond acceptors (Lipinski definition) is 4. The lowest BCUT2D eigenvalue weighted by Crippen LogP contribution is -2.08. The molecule has 0 saturated heterocycles. The van der Waals surface area contributed by atoms with Crippen molar-refractivity contribution in [1.29, 1.82) is 0 Å². The minimum absolute atomic E-state index is 0.0741. The summed E-state index contributed by atoms with van der Waals surface area (Å²) in [7, 11) is 0. The molecule has 0 aliphatic rings. The second-order valence-electron chi connectivity index (χ2n) is 4.04. The Morgan fingerprint density at radius 3 is 2.84 bits per heavy atom. The molecule has 0 radical (unpaired) electrons. The van der Waals surface area contributed by atoms with E-state index in [0.717, 1.165) is 17.4 Å². The molecule has 1 aromatic heterocycles. The molecule has 100 valence electrons. The number of benzene rings is 1. The fourth-order valence-corrected chi connectivity index (χ4v) is 2.67. The van der Waals surface area contributed by atoms with Crippen LogP contribution in [0.5, 0.6) is 0 Å². The quantitative estimate of drug-likeness (QED) is 0.654. The van der Waals surface area contributed by atoms with E-state index in [1.54, 1.807) is 11.3 Å². The molecule has 1 aromatic carbocycles. The molecular weight excluding hydrogens is 267 g/mol. The number of nitrogens with zero attached hydrogens (tertiary/aromatic N) is 1. The van der Waals surface area contributed by atoms with Crippen molar-refractivity contribution in [2.45, 2.75) is 19.4 Å². The van der Waals surface area contributed by atoms with Gasteiger partial charge in [0.1, 0.15) is 0 Å². The molecule has 4 nitrogen and oxygen atoms in total. The third kappa shape index (κ3) is 3.08. The molecule has 0 bridgehead atoms. The minimum atomic E-state index is -0.820. The van der Waals surface area contributed by atoms with Crippen LogP contribution in [0.15, 0.2) is 35.7 Å².